The van der Waals surface area contributed by atoms with E-state index in [1.54, 1.807) is 33.7 Å². The summed E-state index contributed by atoms with van der Waals surface area (Å²) in [7, 11) is -3.86. The Balaban J connectivity index is 1.29. The SMILES string of the molecule is Cc1ccc(NS(=O)(=O)c2ccsc2C(=O)N2CCC(c3nc4ccccc4s3)CC2)cc1. The first kappa shape index (κ1) is 22.1. The molecule has 6 nitrogen and oxygen atoms in total. The van der Waals surface area contributed by atoms with E-state index in [1.165, 1.54) is 22.1 Å². The Hall–Kier alpha value is -2.75. The van der Waals surface area contributed by atoms with Crippen molar-refractivity contribution < 1.29 is 13.2 Å². The Labute approximate surface area is 201 Å². The molecule has 33 heavy (non-hydrogen) atoms. The second kappa shape index (κ2) is 8.89. The van der Waals surface area contributed by atoms with Crippen LogP contribution in [0.25, 0.3) is 10.2 Å². The highest BCUT2D eigenvalue weighted by molar-refractivity contribution is 7.93. The van der Waals surface area contributed by atoms with Crippen LogP contribution >= 0.6 is 22.7 Å². The third-order valence-electron chi connectivity index (χ3n) is 5.86. The molecule has 0 bridgehead atoms. The van der Waals surface area contributed by atoms with Crippen molar-refractivity contribution in [3.63, 3.8) is 0 Å². The first-order valence-corrected chi connectivity index (χ1v) is 13.9. The molecular weight excluding hydrogens is 474 g/mol. The number of hydrogen-bond donors (Lipinski definition) is 1. The quantitative estimate of drug-likeness (QED) is 0.396. The van der Waals surface area contributed by atoms with Crippen LogP contribution in [0.2, 0.25) is 0 Å². The lowest BCUT2D eigenvalue weighted by Crippen LogP contribution is -2.38. The van der Waals surface area contributed by atoms with E-state index >= 15 is 0 Å². The van der Waals surface area contributed by atoms with E-state index in [4.69, 9.17) is 4.98 Å². The zero-order valence-corrected chi connectivity index (χ0v) is 20.5. The molecule has 1 saturated heterocycles. The molecule has 1 N–H and O–H groups in total. The Bertz CT molecular complexity index is 1370. The molecule has 4 aromatic rings. The fourth-order valence-electron chi connectivity index (χ4n) is 4.03. The average Bonchev–Trinajstić information content (AvgIpc) is 3.48. The molecule has 0 aliphatic carbocycles. The van der Waals surface area contributed by atoms with Crippen molar-refractivity contribution in [3.8, 4) is 0 Å². The number of nitrogens with zero attached hydrogens (tertiary/aromatic N) is 2. The summed E-state index contributed by atoms with van der Waals surface area (Å²) in [5.74, 6) is 0.0956. The number of hydrogen-bond acceptors (Lipinski definition) is 6. The predicted octanol–water partition coefficient (Wildman–Crippen LogP) is 5.49. The molecular formula is C24H23N3O3S3. The summed E-state index contributed by atoms with van der Waals surface area (Å²) in [6, 6.07) is 16.7. The Kier molecular flexibility index (Phi) is 5.94. The Morgan fingerprint density at radius 2 is 1.79 bits per heavy atom. The third kappa shape index (κ3) is 4.53. The second-order valence-corrected chi connectivity index (χ2v) is 11.8. The highest BCUT2D eigenvalue weighted by Crippen LogP contribution is 2.35. The Morgan fingerprint density at radius 3 is 2.52 bits per heavy atom. The number of nitrogens with one attached hydrogen (secondary N) is 1. The lowest BCUT2D eigenvalue weighted by Gasteiger charge is -2.31. The van der Waals surface area contributed by atoms with E-state index in [0.29, 0.717) is 24.7 Å². The number of thiophene rings is 1. The van der Waals surface area contributed by atoms with Crippen LogP contribution in [0.15, 0.2) is 64.9 Å². The lowest BCUT2D eigenvalue weighted by molar-refractivity contribution is 0.0714. The topological polar surface area (TPSA) is 79.4 Å². The van der Waals surface area contributed by atoms with Gasteiger partial charge in [-0.15, -0.1) is 22.7 Å². The van der Waals surface area contributed by atoms with Gasteiger partial charge in [-0.05, 0) is 55.5 Å². The molecule has 170 valence electrons. The van der Waals surface area contributed by atoms with E-state index in [1.807, 2.05) is 37.3 Å². The number of carbonyl (C=O) groups excluding carboxylic acids is 1. The highest BCUT2D eigenvalue weighted by atomic mass is 32.2. The number of thiazole rings is 1. The van der Waals surface area contributed by atoms with Gasteiger partial charge >= 0.3 is 0 Å². The molecule has 2 aromatic heterocycles. The van der Waals surface area contributed by atoms with Crippen LogP contribution in [0.3, 0.4) is 0 Å². The minimum absolute atomic E-state index is 0.0337. The van der Waals surface area contributed by atoms with Gasteiger partial charge in [0, 0.05) is 24.7 Å². The number of anilines is 1. The van der Waals surface area contributed by atoms with Crippen molar-refractivity contribution in [1.29, 1.82) is 0 Å². The van der Waals surface area contributed by atoms with Crippen molar-refractivity contribution in [2.24, 2.45) is 0 Å². The van der Waals surface area contributed by atoms with Crippen molar-refractivity contribution in [3.05, 3.63) is 75.4 Å². The van der Waals surface area contributed by atoms with Crippen LogP contribution in [0.4, 0.5) is 5.69 Å². The molecule has 0 radical (unpaired) electrons. The van der Waals surface area contributed by atoms with Crippen molar-refractivity contribution in [1.82, 2.24) is 9.88 Å². The molecule has 0 unspecified atom stereocenters. The van der Waals surface area contributed by atoms with Gasteiger partial charge in [0.25, 0.3) is 15.9 Å². The fourth-order valence-corrected chi connectivity index (χ4v) is 7.62. The van der Waals surface area contributed by atoms with E-state index in [9.17, 15) is 13.2 Å². The summed E-state index contributed by atoms with van der Waals surface area (Å²) in [4.78, 5) is 20.1. The summed E-state index contributed by atoms with van der Waals surface area (Å²) in [5.41, 5.74) is 2.53. The number of piperidine rings is 1. The lowest BCUT2D eigenvalue weighted by atomic mass is 9.97. The van der Waals surface area contributed by atoms with Crippen LogP contribution in [0.5, 0.6) is 0 Å². The zero-order valence-electron chi connectivity index (χ0n) is 18.0. The fraction of sp³-hybridized carbons (Fsp3) is 0.250. The maximum absolute atomic E-state index is 13.2. The summed E-state index contributed by atoms with van der Waals surface area (Å²) in [6.07, 6.45) is 1.64. The molecule has 2 aromatic carbocycles. The van der Waals surface area contributed by atoms with Crippen LogP contribution < -0.4 is 4.72 Å². The summed E-state index contributed by atoms with van der Waals surface area (Å²) in [6.45, 7) is 3.11. The normalized spacial score (nSPS) is 15.1. The summed E-state index contributed by atoms with van der Waals surface area (Å²) in [5, 5.41) is 2.77. The molecule has 9 heteroatoms. The molecule has 1 aliphatic rings. The van der Waals surface area contributed by atoms with E-state index in [0.717, 1.165) is 28.9 Å². The number of carbonyl (C=O) groups is 1. The smallest absolute Gasteiger partial charge is 0.265 e. The number of aromatic nitrogens is 1. The van der Waals surface area contributed by atoms with Gasteiger partial charge < -0.3 is 4.90 Å². The van der Waals surface area contributed by atoms with Gasteiger partial charge in [0.05, 0.1) is 15.2 Å². The van der Waals surface area contributed by atoms with E-state index < -0.39 is 10.0 Å². The number of likely N-dealkylation sites (tertiary alicyclic amines) is 1. The first-order chi connectivity index (χ1) is 15.9. The number of benzene rings is 2. The van der Waals surface area contributed by atoms with Gasteiger partial charge in [0.15, 0.2) is 0 Å². The number of amides is 1. The average molecular weight is 498 g/mol. The molecule has 3 heterocycles. The predicted molar refractivity (Wildman–Crippen MR) is 134 cm³/mol. The van der Waals surface area contributed by atoms with Gasteiger partial charge in [-0.25, -0.2) is 13.4 Å². The minimum Gasteiger partial charge on any atom is -0.338 e. The Morgan fingerprint density at radius 1 is 1.06 bits per heavy atom. The minimum atomic E-state index is -3.86. The highest BCUT2D eigenvalue weighted by Gasteiger charge is 2.31. The second-order valence-electron chi connectivity index (χ2n) is 8.17. The number of para-hydroxylation sites is 1. The molecule has 0 saturated carbocycles. The maximum atomic E-state index is 13.2. The van der Waals surface area contributed by atoms with Crippen LogP contribution in [0, 0.1) is 6.92 Å². The van der Waals surface area contributed by atoms with Crippen molar-refractivity contribution in [2.75, 3.05) is 17.8 Å². The molecule has 1 amide bonds. The largest absolute Gasteiger partial charge is 0.338 e. The number of aryl methyl sites for hydroxylation is 1. The molecule has 0 spiro atoms. The van der Waals surface area contributed by atoms with Crippen molar-refractivity contribution >= 4 is 54.5 Å². The van der Waals surface area contributed by atoms with Gasteiger partial charge in [-0.3, -0.25) is 9.52 Å². The first-order valence-electron chi connectivity index (χ1n) is 10.7. The molecule has 1 fully saturated rings. The molecule has 0 atom stereocenters. The van der Waals surface area contributed by atoms with Crippen molar-refractivity contribution in [2.45, 2.75) is 30.6 Å². The number of rotatable bonds is 5. The third-order valence-corrected chi connectivity index (χ3v) is 9.51. The van der Waals surface area contributed by atoms with Gasteiger partial charge in [-0.1, -0.05) is 29.8 Å². The number of sulfonamides is 1. The van der Waals surface area contributed by atoms with Crippen LogP contribution in [-0.2, 0) is 10.0 Å². The van der Waals surface area contributed by atoms with Crippen LogP contribution in [-0.4, -0.2) is 37.3 Å². The standard InChI is InChI=1S/C24H23N3O3S3/c1-16-6-8-18(9-7-16)26-33(29,30)21-12-15-31-22(21)24(28)27-13-10-17(11-14-27)23-25-19-4-2-3-5-20(19)32-23/h2-9,12,15,17,26H,10-11,13-14H2,1H3. The van der Waals surface area contributed by atoms with Gasteiger partial charge in [0.2, 0.25) is 0 Å². The molecule has 1 aliphatic heterocycles. The van der Waals surface area contributed by atoms with E-state index in [2.05, 4.69) is 10.8 Å². The van der Waals surface area contributed by atoms with Gasteiger partial charge in [0.1, 0.15) is 9.77 Å². The summed E-state index contributed by atoms with van der Waals surface area (Å²) < 4.78 is 29.8. The monoisotopic (exact) mass is 497 g/mol. The summed E-state index contributed by atoms with van der Waals surface area (Å²) >= 11 is 2.89. The van der Waals surface area contributed by atoms with Gasteiger partial charge in [-0.2, -0.15) is 0 Å². The molecule has 5 rings (SSSR count). The van der Waals surface area contributed by atoms with Crippen LogP contribution in [0.1, 0.15) is 39.0 Å². The van der Waals surface area contributed by atoms with E-state index in [-0.39, 0.29) is 15.7 Å². The number of fused-ring (bicyclic) bond motifs is 1. The zero-order chi connectivity index (χ0) is 23.0. The maximum Gasteiger partial charge on any atom is 0.265 e.